The molecule has 2 heterocycles. The number of benzene rings is 1. The zero-order valence-electron chi connectivity index (χ0n) is 18.4. The molecular weight excluding hydrogens is 382 g/mol. The molecule has 1 aromatic rings. The van der Waals surface area contributed by atoms with Crippen LogP contribution in [0.25, 0.3) is 0 Å². The lowest BCUT2D eigenvalue weighted by molar-refractivity contribution is -0.139. The Labute approximate surface area is 179 Å². The molecule has 0 aromatic heterocycles. The van der Waals surface area contributed by atoms with E-state index in [-0.39, 0.29) is 12.1 Å². The van der Waals surface area contributed by atoms with E-state index in [1.165, 1.54) is 0 Å². The predicted molar refractivity (Wildman–Crippen MR) is 118 cm³/mol. The number of carbonyl (C=O) groups excluding carboxylic acids is 2. The summed E-state index contributed by atoms with van der Waals surface area (Å²) in [6.45, 7) is 5.35. The molecule has 2 atom stereocenters. The third kappa shape index (κ3) is 6.17. The predicted octanol–water partition coefficient (Wildman–Crippen LogP) is 0.453. The van der Waals surface area contributed by atoms with Crippen LogP contribution in [0.4, 0.5) is 5.69 Å². The van der Waals surface area contributed by atoms with Crippen LogP contribution < -0.4 is 15.5 Å². The van der Waals surface area contributed by atoms with Gasteiger partial charge in [-0.3, -0.25) is 14.5 Å². The van der Waals surface area contributed by atoms with Crippen LogP contribution in [0.3, 0.4) is 0 Å². The van der Waals surface area contributed by atoms with Gasteiger partial charge >= 0.3 is 11.8 Å². The zero-order valence-corrected chi connectivity index (χ0v) is 18.4. The van der Waals surface area contributed by atoms with E-state index < -0.39 is 11.8 Å². The summed E-state index contributed by atoms with van der Waals surface area (Å²) in [5, 5.41) is 5.54. The van der Waals surface area contributed by atoms with Crippen LogP contribution in [0.2, 0.25) is 0 Å². The van der Waals surface area contributed by atoms with Crippen molar-refractivity contribution >= 4 is 17.5 Å². The summed E-state index contributed by atoms with van der Waals surface area (Å²) in [6.07, 6.45) is 1.96. The molecule has 8 heteroatoms. The lowest BCUT2D eigenvalue weighted by Crippen LogP contribution is -2.50. The topological polar surface area (TPSA) is 77.1 Å². The van der Waals surface area contributed by atoms with Crippen molar-refractivity contribution in [2.45, 2.75) is 25.0 Å². The number of rotatable bonds is 7. The van der Waals surface area contributed by atoms with Gasteiger partial charge in [-0.2, -0.15) is 0 Å². The fourth-order valence-electron chi connectivity index (χ4n) is 3.95. The van der Waals surface area contributed by atoms with Crippen molar-refractivity contribution in [3.63, 3.8) is 0 Å². The third-order valence-electron chi connectivity index (χ3n) is 5.95. The quantitative estimate of drug-likeness (QED) is 0.628. The van der Waals surface area contributed by atoms with Crippen LogP contribution in [0, 0.1) is 0 Å². The van der Waals surface area contributed by atoms with Crippen LogP contribution in [-0.2, 0) is 14.3 Å². The first kappa shape index (κ1) is 22.5. The Morgan fingerprint density at radius 1 is 1.10 bits per heavy atom. The SMILES string of the molecule is CN1CCN([C@H](CNC(=O)C(=O)NC[C@H]2CCCO2)c2ccc(N(C)C)cc2)CC1. The van der Waals surface area contributed by atoms with Crippen LogP contribution in [0.5, 0.6) is 0 Å². The van der Waals surface area contributed by atoms with Gasteiger partial charge < -0.3 is 25.2 Å². The number of hydrogen-bond acceptors (Lipinski definition) is 6. The number of amides is 2. The van der Waals surface area contributed by atoms with Crippen molar-refractivity contribution in [2.24, 2.45) is 0 Å². The van der Waals surface area contributed by atoms with E-state index in [2.05, 4.69) is 56.6 Å². The Bertz CT molecular complexity index is 695. The molecule has 2 N–H and O–H groups in total. The Morgan fingerprint density at radius 2 is 1.77 bits per heavy atom. The average molecular weight is 418 g/mol. The van der Waals surface area contributed by atoms with Crippen molar-refractivity contribution in [1.82, 2.24) is 20.4 Å². The summed E-state index contributed by atoms with van der Waals surface area (Å²) in [4.78, 5) is 31.3. The number of hydrogen-bond donors (Lipinski definition) is 2. The monoisotopic (exact) mass is 417 g/mol. The molecule has 0 spiro atoms. The van der Waals surface area contributed by atoms with Crippen molar-refractivity contribution < 1.29 is 14.3 Å². The summed E-state index contributed by atoms with van der Waals surface area (Å²) in [5.74, 6) is -1.18. The van der Waals surface area contributed by atoms with E-state index in [1.807, 2.05) is 14.1 Å². The van der Waals surface area contributed by atoms with Crippen LogP contribution in [-0.4, -0.2) is 94.7 Å². The second-order valence-electron chi connectivity index (χ2n) is 8.40. The molecular formula is C22H35N5O3. The maximum atomic E-state index is 12.4. The molecule has 0 saturated carbocycles. The normalized spacial score (nSPS) is 21.2. The molecule has 2 saturated heterocycles. The molecule has 2 aliphatic heterocycles. The second-order valence-corrected chi connectivity index (χ2v) is 8.40. The molecule has 3 rings (SSSR count). The minimum Gasteiger partial charge on any atom is -0.378 e. The summed E-state index contributed by atoms with van der Waals surface area (Å²) in [6, 6.07) is 8.44. The summed E-state index contributed by atoms with van der Waals surface area (Å²) < 4.78 is 5.49. The molecule has 0 aliphatic carbocycles. The van der Waals surface area contributed by atoms with E-state index in [0.29, 0.717) is 13.1 Å². The number of piperazine rings is 1. The van der Waals surface area contributed by atoms with Gasteiger partial charge in [-0.05, 0) is 37.6 Å². The Balaban J connectivity index is 1.60. The van der Waals surface area contributed by atoms with E-state index in [1.54, 1.807) is 0 Å². The number of anilines is 1. The van der Waals surface area contributed by atoms with Gasteiger partial charge in [0, 0.05) is 65.7 Å². The minimum atomic E-state index is -0.592. The highest BCUT2D eigenvalue weighted by atomic mass is 16.5. The smallest absolute Gasteiger partial charge is 0.309 e. The Hall–Kier alpha value is -2.16. The molecule has 8 nitrogen and oxygen atoms in total. The number of likely N-dealkylation sites (N-methyl/N-ethyl adjacent to an activating group) is 1. The highest BCUT2D eigenvalue weighted by molar-refractivity contribution is 6.35. The molecule has 166 valence electrons. The van der Waals surface area contributed by atoms with Gasteiger partial charge in [0.15, 0.2) is 0 Å². The molecule has 2 aliphatic rings. The van der Waals surface area contributed by atoms with E-state index in [0.717, 1.165) is 56.9 Å². The van der Waals surface area contributed by atoms with Gasteiger partial charge in [-0.25, -0.2) is 0 Å². The summed E-state index contributed by atoms with van der Waals surface area (Å²) in [7, 11) is 6.16. The number of nitrogens with zero attached hydrogens (tertiary/aromatic N) is 3. The molecule has 30 heavy (non-hydrogen) atoms. The van der Waals surface area contributed by atoms with Crippen molar-refractivity contribution in [3.8, 4) is 0 Å². The standard InChI is InChI=1S/C22H35N5O3/c1-25(2)18-8-6-17(7-9-18)20(27-12-10-26(3)11-13-27)16-24-22(29)21(28)23-15-19-5-4-14-30-19/h6-9,19-20H,4-5,10-16H2,1-3H3,(H,23,28)(H,24,29)/t19-,20-/m1/s1. The number of nitrogens with one attached hydrogen (secondary N) is 2. The highest BCUT2D eigenvalue weighted by Gasteiger charge is 2.26. The van der Waals surface area contributed by atoms with Gasteiger partial charge in [-0.1, -0.05) is 12.1 Å². The van der Waals surface area contributed by atoms with E-state index >= 15 is 0 Å². The van der Waals surface area contributed by atoms with Gasteiger partial charge in [0.05, 0.1) is 12.1 Å². The van der Waals surface area contributed by atoms with Gasteiger partial charge in [0.2, 0.25) is 0 Å². The zero-order chi connectivity index (χ0) is 21.5. The molecule has 0 bridgehead atoms. The summed E-state index contributed by atoms with van der Waals surface area (Å²) in [5.41, 5.74) is 2.28. The van der Waals surface area contributed by atoms with Crippen molar-refractivity contribution in [2.75, 3.05) is 71.9 Å². The Kier molecular flexibility index (Phi) is 8.07. The van der Waals surface area contributed by atoms with E-state index in [9.17, 15) is 9.59 Å². The second kappa shape index (κ2) is 10.7. The average Bonchev–Trinajstić information content (AvgIpc) is 3.27. The summed E-state index contributed by atoms with van der Waals surface area (Å²) >= 11 is 0. The van der Waals surface area contributed by atoms with Crippen LogP contribution in [0.1, 0.15) is 24.4 Å². The number of carbonyl (C=O) groups is 2. The minimum absolute atomic E-state index is 0.0232. The lowest BCUT2D eigenvalue weighted by atomic mass is 10.0. The largest absolute Gasteiger partial charge is 0.378 e. The first-order valence-electron chi connectivity index (χ1n) is 10.8. The Morgan fingerprint density at radius 3 is 2.37 bits per heavy atom. The van der Waals surface area contributed by atoms with Crippen molar-refractivity contribution in [3.05, 3.63) is 29.8 Å². The van der Waals surface area contributed by atoms with Crippen molar-refractivity contribution in [1.29, 1.82) is 0 Å². The molecule has 2 fully saturated rings. The maximum Gasteiger partial charge on any atom is 0.309 e. The third-order valence-corrected chi connectivity index (χ3v) is 5.95. The van der Waals surface area contributed by atoms with Crippen LogP contribution >= 0.6 is 0 Å². The van der Waals surface area contributed by atoms with Gasteiger partial charge in [-0.15, -0.1) is 0 Å². The first-order valence-corrected chi connectivity index (χ1v) is 10.8. The molecule has 2 amide bonds. The first-order chi connectivity index (χ1) is 14.4. The van der Waals surface area contributed by atoms with E-state index in [4.69, 9.17) is 4.74 Å². The molecule has 0 radical (unpaired) electrons. The fraction of sp³-hybridized carbons (Fsp3) is 0.636. The fourth-order valence-corrected chi connectivity index (χ4v) is 3.95. The lowest BCUT2D eigenvalue weighted by Gasteiger charge is -2.38. The van der Waals surface area contributed by atoms with Crippen LogP contribution in [0.15, 0.2) is 24.3 Å². The molecule has 1 aromatic carbocycles. The van der Waals surface area contributed by atoms with Gasteiger partial charge in [0.25, 0.3) is 0 Å². The number of ether oxygens (including phenoxy) is 1. The van der Waals surface area contributed by atoms with Gasteiger partial charge in [0.1, 0.15) is 0 Å². The molecule has 0 unspecified atom stereocenters. The maximum absolute atomic E-state index is 12.4. The highest BCUT2D eigenvalue weighted by Crippen LogP contribution is 2.24.